The predicted molar refractivity (Wildman–Crippen MR) is 124 cm³/mol. The molecule has 4 aromatic rings. The maximum atomic E-state index is 14.9. The smallest absolute Gasteiger partial charge is 0.429 e. The minimum atomic E-state index is -5.50. The summed E-state index contributed by atoms with van der Waals surface area (Å²) in [6.07, 6.45) is -10.4. The van der Waals surface area contributed by atoms with Crippen molar-refractivity contribution in [3.05, 3.63) is 106 Å². The molecule has 0 aromatic heterocycles. The van der Waals surface area contributed by atoms with Gasteiger partial charge in [-0.1, -0.05) is 30.3 Å². The highest BCUT2D eigenvalue weighted by Gasteiger charge is 2.42. The third-order valence-corrected chi connectivity index (χ3v) is 5.89. The molecular weight excluding hydrogens is 558 g/mol. The summed E-state index contributed by atoms with van der Waals surface area (Å²) in [6.45, 7) is 3.75. The molecule has 0 aliphatic heterocycles. The van der Waals surface area contributed by atoms with Gasteiger partial charge in [-0.05, 0) is 59.9 Å². The normalized spacial score (nSPS) is 12.0. The number of alkyl halides is 5. The summed E-state index contributed by atoms with van der Waals surface area (Å²) < 4.78 is 145. The quantitative estimate of drug-likeness (QED) is 0.214. The lowest BCUT2D eigenvalue weighted by atomic mass is 9.96. The maximum Gasteiger partial charge on any atom is 0.573 e. The second-order valence-corrected chi connectivity index (χ2v) is 8.69. The fourth-order valence-electron chi connectivity index (χ4n) is 3.86. The number of hydrogen-bond donors (Lipinski definition) is 0. The third kappa shape index (κ3) is 6.00. The fraction of sp³-hybridized carbons (Fsp3) is 0.143. The number of ether oxygens (including phenoxy) is 2. The van der Waals surface area contributed by atoms with Crippen molar-refractivity contribution in [2.75, 3.05) is 0 Å². The average molecular weight is 574 g/mol. The van der Waals surface area contributed by atoms with Crippen LogP contribution in [0.15, 0.2) is 60.7 Å². The minimum absolute atomic E-state index is 0.0886. The first-order valence-electron chi connectivity index (χ1n) is 11.2. The summed E-state index contributed by atoms with van der Waals surface area (Å²) in [5.41, 5.74) is 0.336. The van der Waals surface area contributed by atoms with Crippen LogP contribution in [0.3, 0.4) is 0 Å². The number of rotatable bonds is 6. The van der Waals surface area contributed by atoms with Crippen LogP contribution in [0.5, 0.6) is 11.5 Å². The molecule has 0 atom stereocenters. The van der Waals surface area contributed by atoms with E-state index in [1.807, 2.05) is 26.0 Å². The lowest BCUT2D eigenvalue weighted by Crippen LogP contribution is -2.25. The Morgan fingerprint density at radius 1 is 0.525 bits per heavy atom. The van der Waals surface area contributed by atoms with Gasteiger partial charge in [0.1, 0.15) is 28.8 Å². The average Bonchev–Trinajstić information content (AvgIpc) is 2.81. The summed E-state index contributed by atoms with van der Waals surface area (Å²) in [5, 5.41) is 0. The second kappa shape index (κ2) is 10.4. The van der Waals surface area contributed by atoms with Gasteiger partial charge in [0.15, 0.2) is 11.6 Å². The Hall–Kier alpha value is -4.22. The van der Waals surface area contributed by atoms with Crippen LogP contribution in [0.1, 0.15) is 16.7 Å². The first-order valence-corrected chi connectivity index (χ1v) is 11.2. The van der Waals surface area contributed by atoms with Crippen molar-refractivity contribution < 1.29 is 53.4 Å². The summed E-state index contributed by atoms with van der Waals surface area (Å²) in [7, 11) is 0. The van der Waals surface area contributed by atoms with E-state index in [1.165, 1.54) is 12.1 Å². The van der Waals surface area contributed by atoms with Gasteiger partial charge >= 0.3 is 12.5 Å². The van der Waals surface area contributed by atoms with Crippen LogP contribution in [-0.4, -0.2) is 6.36 Å². The van der Waals surface area contributed by atoms with Crippen molar-refractivity contribution in [1.82, 2.24) is 0 Å². The molecule has 0 N–H and O–H groups in total. The fourth-order valence-corrected chi connectivity index (χ4v) is 3.86. The van der Waals surface area contributed by atoms with Gasteiger partial charge in [-0.2, -0.15) is 8.78 Å². The van der Waals surface area contributed by atoms with Gasteiger partial charge in [0.25, 0.3) is 0 Å². The molecule has 210 valence electrons. The summed E-state index contributed by atoms with van der Waals surface area (Å²) in [5.74, 6) is -12.2. The Bertz CT molecular complexity index is 1550. The van der Waals surface area contributed by atoms with Gasteiger partial charge in [-0.3, -0.25) is 0 Å². The predicted octanol–water partition coefficient (Wildman–Crippen LogP) is 9.36. The summed E-state index contributed by atoms with van der Waals surface area (Å²) in [6, 6.07) is 9.82. The van der Waals surface area contributed by atoms with Gasteiger partial charge in [-0.15, -0.1) is 13.2 Å². The van der Waals surface area contributed by atoms with Gasteiger partial charge in [-0.25, -0.2) is 22.0 Å². The highest BCUT2D eigenvalue weighted by atomic mass is 19.4. The Kier molecular flexibility index (Phi) is 7.48. The molecule has 40 heavy (non-hydrogen) atoms. The van der Waals surface area contributed by atoms with Gasteiger partial charge in [0.05, 0.1) is 0 Å². The van der Waals surface area contributed by atoms with Crippen LogP contribution in [-0.2, 0) is 6.11 Å². The molecule has 12 heteroatoms. The van der Waals surface area contributed by atoms with E-state index in [9.17, 15) is 43.9 Å². The topological polar surface area (TPSA) is 18.5 Å². The standard InChI is InChI=1S/C28H16F10O2/c1-13-3-4-15(7-14(13)2)16-5-6-19(20(29)8-16)17-9-21(30)25(22(31)10-17)27(34,35)39-18-11-23(32)26(24(33)12-18)40-28(36,37)38/h3-12H,1-2H3. The number of halogens is 10. The molecule has 0 spiro atoms. The lowest BCUT2D eigenvalue weighted by molar-refractivity contribution is -0.276. The Labute approximate surface area is 220 Å². The summed E-state index contributed by atoms with van der Waals surface area (Å²) in [4.78, 5) is 0. The van der Waals surface area contributed by atoms with Crippen molar-refractivity contribution in [2.24, 2.45) is 0 Å². The lowest BCUT2D eigenvalue weighted by Gasteiger charge is -2.21. The van der Waals surface area contributed by atoms with E-state index in [2.05, 4.69) is 9.47 Å². The SMILES string of the molecule is Cc1ccc(-c2ccc(-c3cc(F)c(C(F)(F)Oc4cc(F)c(OC(F)(F)F)c(F)c4)c(F)c3)c(F)c2)cc1C. The minimum Gasteiger partial charge on any atom is -0.429 e. The molecule has 0 radical (unpaired) electrons. The van der Waals surface area contributed by atoms with E-state index in [0.29, 0.717) is 23.3 Å². The van der Waals surface area contributed by atoms with Crippen molar-refractivity contribution in [2.45, 2.75) is 26.3 Å². The number of benzene rings is 4. The first-order chi connectivity index (χ1) is 18.6. The van der Waals surface area contributed by atoms with Crippen LogP contribution in [0.4, 0.5) is 43.9 Å². The molecule has 4 aromatic carbocycles. The highest BCUT2D eigenvalue weighted by Crippen LogP contribution is 2.40. The van der Waals surface area contributed by atoms with E-state index in [0.717, 1.165) is 17.2 Å². The van der Waals surface area contributed by atoms with Crippen LogP contribution < -0.4 is 9.47 Å². The molecule has 0 saturated carbocycles. The largest absolute Gasteiger partial charge is 0.573 e. The van der Waals surface area contributed by atoms with E-state index in [4.69, 9.17) is 0 Å². The van der Waals surface area contributed by atoms with Crippen molar-refractivity contribution in [3.63, 3.8) is 0 Å². The molecule has 0 unspecified atom stereocenters. The molecule has 2 nitrogen and oxygen atoms in total. The highest BCUT2D eigenvalue weighted by molar-refractivity contribution is 5.72. The Morgan fingerprint density at radius 3 is 1.57 bits per heavy atom. The maximum absolute atomic E-state index is 14.9. The zero-order valence-electron chi connectivity index (χ0n) is 20.4. The molecule has 0 heterocycles. The molecule has 0 amide bonds. The van der Waals surface area contributed by atoms with Gasteiger partial charge in [0, 0.05) is 17.7 Å². The van der Waals surface area contributed by atoms with E-state index >= 15 is 0 Å². The third-order valence-electron chi connectivity index (χ3n) is 5.89. The van der Waals surface area contributed by atoms with Crippen LogP contribution in [0.25, 0.3) is 22.3 Å². The molecule has 0 aliphatic carbocycles. The van der Waals surface area contributed by atoms with Crippen LogP contribution in [0.2, 0.25) is 0 Å². The van der Waals surface area contributed by atoms with Crippen LogP contribution >= 0.6 is 0 Å². The second-order valence-electron chi connectivity index (χ2n) is 8.69. The van der Waals surface area contributed by atoms with E-state index in [1.54, 1.807) is 6.07 Å². The first kappa shape index (κ1) is 28.8. The molecule has 0 fully saturated rings. The van der Waals surface area contributed by atoms with Gasteiger partial charge < -0.3 is 9.47 Å². The van der Waals surface area contributed by atoms with Crippen molar-refractivity contribution >= 4 is 0 Å². The Morgan fingerprint density at radius 2 is 1.05 bits per heavy atom. The zero-order chi connectivity index (χ0) is 29.6. The monoisotopic (exact) mass is 574 g/mol. The molecule has 0 saturated heterocycles. The molecule has 0 aliphatic rings. The number of hydrogen-bond acceptors (Lipinski definition) is 2. The molecular formula is C28H16F10O2. The van der Waals surface area contributed by atoms with Gasteiger partial charge in [0.2, 0.25) is 5.75 Å². The molecule has 0 bridgehead atoms. The Balaban J connectivity index is 1.64. The van der Waals surface area contributed by atoms with Crippen LogP contribution in [0, 0.1) is 42.9 Å². The number of aryl methyl sites for hydroxylation is 2. The van der Waals surface area contributed by atoms with E-state index < -0.39 is 64.2 Å². The molecule has 4 rings (SSSR count). The van der Waals surface area contributed by atoms with E-state index in [-0.39, 0.29) is 17.7 Å². The van der Waals surface area contributed by atoms with Crippen molar-refractivity contribution in [1.29, 1.82) is 0 Å². The van der Waals surface area contributed by atoms with Crippen molar-refractivity contribution in [3.8, 4) is 33.8 Å². The zero-order valence-corrected chi connectivity index (χ0v) is 20.4. The summed E-state index contributed by atoms with van der Waals surface area (Å²) >= 11 is 0.